The van der Waals surface area contributed by atoms with Crippen LogP contribution in [0.3, 0.4) is 0 Å². The monoisotopic (exact) mass is 255 g/mol. The number of anilines is 1. The summed E-state index contributed by atoms with van der Waals surface area (Å²) in [4.78, 5) is 11.9. The van der Waals surface area contributed by atoms with Gasteiger partial charge in [0, 0.05) is 5.69 Å². The van der Waals surface area contributed by atoms with Crippen LogP contribution in [0.4, 0.5) is 5.69 Å². The molecule has 2 aromatic rings. The molecule has 2 aromatic carbocycles. The highest BCUT2D eigenvalue weighted by Crippen LogP contribution is 2.15. The van der Waals surface area contributed by atoms with Gasteiger partial charge in [-0.2, -0.15) is 0 Å². The molecule has 0 radical (unpaired) electrons. The van der Waals surface area contributed by atoms with E-state index in [1.54, 1.807) is 24.3 Å². The lowest BCUT2D eigenvalue weighted by atomic mass is 10.0. The number of benzene rings is 2. The number of hydrogen-bond donors (Lipinski definition) is 2. The Morgan fingerprint density at radius 1 is 1.05 bits per heavy atom. The third-order valence-electron chi connectivity index (χ3n) is 3.09. The molecular weight excluding hydrogens is 238 g/mol. The van der Waals surface area contributed by atoms with Crippen LogP contribution in [-0.2, 0) is 11.2 Å². The van der Waals surface area contributed by atoms with E-state index in [-0.39, 0.29) is 11.7 Å². The molecule has 19 heavy (non-hydrogen) atoms. The average Bonchev–Trinajstić information content (AvgIpc) is 2.37. The number of aromatic hydroxyl groups is 1. The van der Waals surface area contributed by atoms with Crippen LogP contribution in [0.25, 0.3) is 0 Å². The average molecular weight is 255 g/mol. The maximum absolute atomic E-state index is 11.9. The summed E-state index contributed by atoms with van der Waals surface area (Å²) in [5.41, 5.74) is 4.10. The van der Waals surface area contributed by atoms with Crippen molar-refractivity contribution >= 4 is 11.6 Å². The Labute approximate surface area is 112 Å². The second-order valence-electron chi connectivity index (χ2n) is 4.69. The third-order valence-corrected chi connectivity index (χ3v) is 3.09. The topological polar surface area (TPSA) is 49.3 Å². The summed E-state index contributed by atoms with van der Waals surface area (Å²) in [6.45, 7) is 4.09. The molecule has 0 saturated carbocycles. The lowest BCUT2D eigenvalue weighted by Crippen LogP contribution is -2.14. The number of phenolic OH excluding ortho intramolecular Hbond substituents is 1. The lowest BCUT2D eigenvalue weighted by molar-refractivity contribution is -0.115. The number of carbonyl (C=O) groups excluding carboxylic acids is 1. The van der Waals surface area contributed by atoms with E-state index in [0.29, 0.717) is 12.1 Å². The molecule has 98 valence electrons. The second-order valence-corrected chi connectivity index (χ2v) is 4.69. The smallest absolute Gasteiger partial charge is 0.228 e. The molecule has 2 rings (SSSR count). The Morgan fingerprint density at radius 3 is 2.37 bits per heavy atom. The van der Waals surface area contributed by atoms with Gasteiger partial charge >= 0.3 is 0 Å². The zero-order valence-corrected chi connectivity index (χ0v) is 11.1. The summed E-state index contributed by atoms with van der Waals surface area (Å²) in [6, 6.07) is 12.5. The van der Waals surface area contributed by atoms with E-state index in [4.69, 9.17) is 5.11 Å². The van der Waals surface area contributed by atoms with Gasteiger partial charge in [-0.25, -0.2) is 0 Å². The highest BCUT2D eigenvalue weighted by Gasteiger charge is 2.05. The van der Waals surface area contributed by atoms with Gasteiger partial charge in [0.05, 0.1) is 6.42 Å². The minimum Gasteiger partial charge on any atom is -0.508 e. The highest BCUT2D eigenvalue weighted by atomic mass is 16.3. The molecule has 0 atom stereocenters. The number of phenols is 1. The highest BCUT2D eigenvalue weighted by molar-refractivity contribution is 5.92. The number of aryl methyl sites for hydroxylation is 2. The van der Waals surface area contributed by atoms with Gasteiger partial charge in [-0.1, -0.05) is 18.2 Å². The molecule has 0 aromatic heterocycles. The predicted octanol–water partition coefficient (Wildman–Crippen LogP) is 3.19. The van der Waals surface area contributed by atoms with Crippen molar-refractivity contribution in [1.82, 2.24) is 0 Å². The summed E-state index contributed by atoms with van der Waals surface area (Å²) in [5, 5.41) is 12.0. The van der Waals surface area contributed by atoms with Crippen LogP contribution in [-0.4, -0.2) is 11.0 Å². The van der Waals surface area contributed by atoms with Gasteiger partial charge in [0.1, 0.15) is 5.75 Å². The van der Waals surface area contributed by atoms with Gasteiger partial charge in [-0.3, -0.25) is 4.79 Å². The molecule has 0 saturated heterocycles. The minimum absolute atomic E-state index is 0.0612. The summed E-state index contributed by atoms with van der Waals surface area (Å²) in [6.07, 6.45) is 0.349. The van der Waals surface area contributed by atoms with Crippen molar-refractivity contribution < 1.29 is 9.90 Å². The van der Waals surface area contributed by atoms with Crippen LogP contribution in [0.1, 0.15) is 16.7 Å². The predicted molar refractivity (Wildman–Crippen MR) is 76.4 cm³/mol. The molecule has 0 aliphatic rings. The molecule has 3 nitrogen and oxygen atoms in total. The molecule has 1 amide bonds. The lowest BCUT2D eigenvalue weighted by Gasteiger charge is -2.07. The van der Waals surface area contributed by atoms with E-state index in [2.05, 4.69) is 12.2 Å². The van der Waals surface area contributed by atoms with E-state index < -0.39 is 0 Å². The van der Waals surface area contributed by atoms with Gasteiger partial charge < -0.3 is 10.4 Å². The fourth-order valence-electron chi connectivity index (χ4n) is 1.85. The van der Waals surface area contributed by atoms with Crippen LogP contribution in [0.2, 0.25) is 0 Å². The molecule has 2 N–H and O–H groups in total. The van der Waals surface area contributed by atoms with E-state index >= 15 is 0 Å². The maximum atomic E-state index is 11.9. The van der Waals surface area contributed by atoms with Crippen molar-refractivity contribution in [3.05, 3.63) is 59.2 Å². The molecule has 3 heteroatoms. The van der Waals surface area contributed by atoms with Crippen molar-refractivity contribution in [2.45, 2.75) is 20.3 Å². The summed E-state index contributed by atoms with van der Waals surface area (Å²) in [5.74, 6) is 0.126. The number of hydrogen-bond acceptors (Lipinski definition) is 2. The van der Waals surface area contributed by atoms with Crippen molar-refractivity contribution in [2.24, 2.45) is 0 Å². The van der Waals surface area contributed by atoms with Gasteiger partial charge in [-0.05, 0) is 54.8 Å². The normalized spacial score (nSPS) is 10.2. The first-order valence-electron chi connectivity index (χ1n) is 6.19. The Hall–Kier alpha value is -2.29. The van der Waals surface area contributed by atoms with Crippen LogP contribution >= 0.6 is 0 Å². The Balaban J connectivity index is 2.01. The molecule has 0 spiro atoms. The molecule has 0 bridgehead atoms. The molecule has 0 unspecified atom stereocenters. The van der Waals surface area contributed by atoms with Crippen molar-refractivity contribution in [3.63, 3.8) is 0 Å². The molecule has 0 aliphatic heterocycles. The van der Waals surface area contributed by atoms with E-state index in [0.717, 1.165) is 5.56 Å². The third kappa shape index (κ3) is 3.58. The van der Waals surface area contributed by atoms with E-state index in [1.165, 1.54) is 11.1 Å². The summed E-state index contributed by atoms with van der Waals surface area (Å²) in [7, 11) is 0. The van der Waals surface area contributed by atoms with Gasteiger partial charge in [-0.15, -0.1) is 0 Å². The SMILES string of the molecule is Cc1ccc(CC(=O)Nc2ccc(O)cc2)cc1C. The largest absolute Gasteiger partial charge is 0.508 e. The van der Waals surface area contributed by atoms with Gasteiger partial charge in [0.2, 0.25) is 5.91 Å². The molecule has 0 fully saturated rings. The number of nitrogens with one attached hydrogen (secondary N) is 1. The molecule has 0 heterocycles. The Kier molecular flexibility index (Phi) is 3.85. The van der Waals surface area contributed by atoms with Crippen LogP contribution in [0, 0.1) is 13.8 Å². The number of amides is 1. The van der Waals surface area contributed by atoms with Crippen molar-refractivity contribution in [2.75, 3.05) is 5.32 Å². The van der Waals surface area contributed by atoms with Crippen molar-refractivity contribution in [3.8, 4) is 5.75 Å². The summed E-state index contributed by atoms with van der Waals surface area (Å²) < 4.78 is 0. The van der Waals surface area contributed by atoms with Crippen LogP contribution in [0.5, 0.6) is 5.75 Å². The van der Waals surface area contributed by atoms with Gasteiger partial charge in [0.25, 0.3) is 0 Å². The Morgan fingerprint density at radius 2 is 1.74 bits per heavy atom. The van der Waals surface area contributed by atoms with Gasteiger partial charge in [0.15, 0.2) is 0 Å². The van der Waals surface area contributed by atoms with Crippen LogP contribution in [0.15, 0.2) is 42.5 Å². The first-order chi connectivity index (χ1) is 9.04. The van der Waals surface area contributed by atoms with E-state index in [9.17, 15) is 4.79 Å². The first kappa shape index (κ1) is 13.1. The fraction of sp³-hybridized carbons (Fsp3) is 0.188. The standard InChI is InChI=1S/C16H17NO2/c1-11-3-4-13(9-12(11)2)10-16(19)17-14-5-7-15(18)8-6-14/h3-9,18H,10H2,1-2H3,(H,17,19). The fourth-order valence-corrected chi connectivity index (χ4v) is 1.85. The van der Waals surface area contributed by atoms with Crippen LogP contribution < -0.4 is 5.32 Å². The maximum Gasteiger partial charge on any atom is 0.228 e. The minimum atomic E-state index is -0.0612. The second kappa shape index (κ2) is 5.57. The van der Waals surface area contributed by atoms with E-state index in [1.807, 2.05) is 25.1 Å². The zero-order chi connectivity index (χ0) is 13.8. The molecular formula is C16H17NO2. The summed E-state index contributed by atoms with van der Waals surface area (Å²) >= 11 is 0. The number of carbonyl (C=O) groups is 1. The van der Waals surface area contributed by atoms with Crippen molar-refractivity contribution in [1.29, 1.82) is 0 Å². The quantitative estimate of drug-likeness (QED) is 0.827. The number of rotatable bonds is 3. The first-order valence-corrected chi connectivity index (χ1v) is 6.19. The molecule has 0 aliphatic carbocycles. The Bertz CT molecular complexity index is 588. The zero-order valence-electron chi connectivity index (χ0n) is 11.1.